The molecule has 3 rings (SSSR count). The molecule has 1 atom stereocenters. The first kappa shape index (κ1) is 17.4. The maximum absolute atomic E-state index is 12.3. The van der Waals surface area contributed by atoms with Gasteiger partial charge in [0.1, 0.15) is 11.8 Å². The number of rotatable bonds is 9. The molecule has 1 aliphatic heterocycles. The summed E-state index contributed by atoms with van der Waals surface area (Å²) in [6.07, 6.45) is 3.52. The van der Waals surface area contributed by atoms with Gasteiger partial charge in [0, 0.05) is 26.2 Å². The number of hydrazone groups is 1. The Morgan fingerprint density at radius 2 is 2.04 bits per heavy atom. The van der Waals surface area contributed by atoms with Gasteiger partial charge in [0.2, 0.25) is 5.91 Å². The van der Waals surface area contributed by atoms with Crippen LogP contribution in [0, 0.1) is 5.92 Å². The average Bonchev–Trinajstić information content (AvgIpc) is 3.33. The zero-order chi connectivity index (χ0) is 17.6. The van der Waals surface area contributed by atoms with Gasteiger partial charge in [-0.15, -0.1) is 0 Å². The van der Waals surface area contributed by atoms with Crippen molar-refractivity contribution in [2.75, 3.05) is 24.8 Å². The summed E-state index contributed by atoms with van der Waals surface area (Å²) in [5.74, 6) is -0.00658. The molecular formula is C18H24N4O3. The van der Waals surface area contributed by atoms with E-state index in [1.54, 1.807) is 0 Å². The Morgan fingerprint density at radius 3 is 2.72 bits per heavy atom. The molecular weight excluding hydrogens is 320 g/mol. The highest BCUT2D eigenvalue weighted by Crippen LogP contribution is 2.28. The molecule has 25 heavy (non-hydrogen) atoms. The number of carbonyl (C=O) groups is 2. The molecule has 1 unspecified atom stereocenters. The van der Waals surface area contributed by atoms with Crippen molar-refractivity contribution in [3.8, 4) is 0 Å². The molecule has 3 N–H and O–H groups in total. The first-order chi connectivity index (χ1) is 12.1. The van der Waals surface area contributed by atoms with Gasteiger partial charge in [0.25, 0.3) is 5.91 Å². The molecule has 1 aliphatic carbocycles. The van der Waals surface area contributed by atoms with Crippen LogP contribution >= 0.6 is 0 Å². The Kier molecular flexibility index (Phi) is 5.65. The fourth-order valence-electron chi connectivity index (χ4n) is 2.70. The van der Waals surface area contributed by atoms with Gasteiger partial charge in [-0.05, 0) is 37.3 Å². The van der Waals surface area contributed by atoms with Gasteiger partial charge in [0.05, 0.1) is 5.69 Å². The lowest BCUT2D eigenvalue weighted by Crippen LogP contribution is -2.40. The van der Waals surface area contributed by atoms with Crippen molar-refractivity contribution < 1.29 is 14.3 Å². The van der Waals surface area contributed by atoms with Gasteiger partial charge in [-0.2, -0.15) is 5.10 Å². The molecule has 1 aromatic rings. The van der Waals surface area contributed by atoms with Gasteiger partial charge in [-0.3, -0.25) is 14.6 Å². The second-order valence-electron chi connectivity index (χ2n) is 6.48. The van der Waals surface area contributed by atoms with Crippen LogP contribution in [0.3, 0.4) is 0 Å². The molecule has 2 aliphatic rings. The highest BCUT2D eigenvalue weighted by Gasteiger charge is 2.34. The number of para-hydroxylation sites is 1. The number of benzene rings is 1. The number of nitrogens with two attached hydrogens (primary N) is 1. The summed E-state index contributed by atoms with van der Waals surface area (Å²) in [6.45, 7) is 1.99. The van der Waals surface area contributed by atoms with E-state index < -0.39 is 11.9 Å². The SMILES string of the molecule is NC(=O)C1CC(C(=O)NCCCOCC2CC2)=NN1c1ccccc1. The monoisotopic (exact) mass is 344 g/mol. The summed E-state index contributed by atoms with van der Waals surface area (Å²) in [5, 5.41) is 8.67. The Bertz CT molecular complexity index is 643. The van der Waals surface area contributed by atoms with Crippen LogP contribution in [0.4, 0.5) is 5.69 Å². The second-order valence-corrected chi connectivity index (χ2v) is 6.48. The highest BCUT2D eigenvalue weighted by molar-refractivity contribution is 6.40. The van der Waals surface area contributed by atoms with Crippen molar-refractivity contribution in [1.82, 2.24) is 5.32 Å². The van der Waals surface area contributed by atoms with Crippen LogP contribution in [-0.2, 0) is 14.3 Å². The molecule has 134 valence electrons. The predicted molar refractivity (Wildman–Crippen MR) is 95.1 cm³/mol. The van der Waals surface area contributed by atoms with E-state index in [0.717, 1.165) is 24.6 Å². The maximum Gasteiger partial charge on any atom is 0.267 e. The second kappa shape index (κ2) is 8.11. The highest BCUT2D eigenvalue weighted by atomic mass is 16.5. The lowest BCUT2D eigenvalue weighted by Gasteiger charge is -2.20. The first-order valence-corrected chi connectivity index (χ1v) is 8.72. The Labute approximate surface area is 147 Å². The van der Waals surface area contributed by atoms with Gasteiger partial charge in [-0.1, -0.05) is 18.2 Å². The van der Waals surface area contributed by atoms with E-state index in [-0.39, 0.29) is 12.3 Å². The van der Waals surface area contributed by atoms with Crippen molar-refractivity contribution in [2.45, 2.75) is 31.7 Å². The van der Waals surface area contributed by atoms with E-state index in [1.165, 1.54) is 17.9 Å². The summed E-state index contributed by atoms with van der Waals surface area (Å²) < 4.78 is 5.54. The van der Waals surface area contributed by atoms with Crippen LogP contribution in [0.25, 0.3) is 0 Å². The quantitative estimate of drug-likeness (QED) is 0.654. The molecule has 1 heterocycles. The van der Waals surface area contributed by atoms with Crippen molar-refractivity contribution in [2.24, 2.45) is 16.8 Å². The Balaban J connectivity index is 1.50. The first-order valence-electron chi connectivity index (χ1n) is 8.72. The number of hydrogen-bond acceptors (Lipinski definition) is 5. The molecule has 7 heteroatoms. The molecule has 0 spiro atoms. The van der Waals surface area contributed by atoms with Gasteiger partial charge in [0.15, 0.2) is 0 Å². The van der Waals surface area contributed by atoms with Crippen LogP contribution in [0.5, 0.6) is 0 Å². The topological polar surface area (TPSA) is 97.0 Å². The third kappa shape index (κ3) is 4.79. The predicted octanol–water partition coefficient (Wildman–Crippen LogP) is 1.04. The third-order valence-corrected chi connectivity index (χ3v) is 4.32. The average molecular weight is 344 g/mol. The summed E-state index contributed by atoms with van der Waals surface area (Å²) >= 11 is 0. The zero-order valence-corrected chi connectivity index (χ0v) is 14.2. The van der Waals surface area contributed by atoms with Gasteiger partial charge < -0.3 is 15.8 Å². The number of amides is 2. The summed E-state index contributed by atoms with van der Waals surface area (Å²) in [7, 11) is 0. The van der Waals surface area contributed by atoms with E-state index in [1.807, 2.05) is 30.3 Å². The van der Waals surface area contributed by atoms with Gasteiger partial charge in [-0.25, -0.2) is 0 Å². The van der Waals surface area contributed by atoms with E-state index in [4.69, 9.17) is 10.5 Å². The summed E-state index contributed by atoms with van der Waals surface area (Å²) in [5.41, 5.74) is 6.53. The zero-order valence-electron chi connectivity index (χ0n) is 14.2. The number of nitrogens with one attached hydrogen (secondary N) is 1. The minimum absolute atomic E-state index is 0.217. The molecule has 0 radical (unpaired) electrons. The van der Waals surface area contributed by atoms with E-state index >= 15 is 0 Å². The van der Waals surface area contributed by atoms with E-state index in [9.17, 15) is 9.59 Å². The van der Waals surface area contributed by atoms with Crippen LogP contribution in [-0.4, -0.2) is 43.3 Å². The number of primary amides is 1. The van der Waals surface area contributed by atoms with E-state index in [0.29, 0.717) is 18.9 Å². The standard InChI is InChI=1S/C18H24N4O3/c19-17(23)16-11-15(21-22(16)14-5-2-1-3-6-14)18(24)20-9-4-10-25-12-13-7-8-13/h1-3,5-6,13,16H,4,7-12H2,(H2,19,23)(H,20,24). The summed E-state index contributed by atoms with van der Waals surface area (Å²) in [6, 6.07) is 8.60. The number of anilines is 1. The smallest absolute Gasteiger partial charge is 0.267 e. The molecule has 0 bridgehead atoms. The van der Waals surface area contributed by atoms with Crippen molar-refractivity contribution in [3.63, 3.8) is 0 Å². The molecule has 0 aromatic heterocycles. The van der Waals surface area contributed by atoms with Gasteiger partial charge >= 0.3 is 0 Å². The fourth-order valence-corrected chi connectivity index (χ4v) is 2.70. The lowest BCUT2D eigenvalue weighted by molar-refractivity contribution is -0.119. The largest absolute Gasteiger partial charge is 0.381 e. The molecule has 7 nitrogen and oxygen atoms in total. The van der Waals surface area contributed by atoms with Crippen LogP contribution in [0.2, 0.25) is 0 Å². The number of hydrogen-bond donors (Lipinski definition) is 2. The molecule has 1 aromatic carbocycles. The van der Waals surface area contributed by atoms with Crippen molar-refractivity contribution in [1.29, 1.82) is 0 Å². The van der Waals surface area contributed by atoms with Crippen molar-refractivity contribution >= 4 is 23.2 Å². The molecule has 2 amide bonds. The maximum atomic E-state index is 12.3. The Morgan fingerprint density at radius 1 is 1.28 bits per heavy atom. The van der Waals surface area contributed by atoms with Crippen molar-refractivity contribution in [3.05, 3.63) is 30.3 Å². The molecule has 0 saturated heterocycles. The minimum atomic E-state index is -0.634. The van der Waals surface area contributed by atoms with Crippen LogP contribution < -0.4 is 16.1 Å². The summed E-state index contributed by atoms with van der Waals surface area (Å²) in [4.78, 5) is 24.0. The minimum Gasteiger partial charge on any atom is -0.381 e. The molecule has 1 fully saturated rings. The third-order valence-electron chi connectivity index (χ3n) is 4.32. The van der Waals surface area contributed by atoms with Crippen LogP contribution in [0.15, 0.2) is 35.4 Å². The van der Waals surface area contributed by atoms with Crippen LogP contribution in [0.1, 0.15) is 25.7 Å². The lowest BCUT2D eigenvalue weighted by atomic mass is 10.1. The molecule has 1 saturated carbocycles. The normalized spacial score (nSPS) is 19.6. The number of nitrogens with zero attached hydrogens (tertiary/aromatic N) is 2. The Hall–Kier alpha value is -2.41. The van der Waals surface area contributed by atoms with E-state index in [2.05, 4.69) is 10.4 Å². The fraction of sp³-hybridized carbons (Fsp3) is 0.500. The number of ether oxygens (including phenoxy) is 1. The number of carbonyl (C=O) groups excluding carboxylic acids is 2.